The van der Waals surface area contributed by atoms with Crippen LogP contribution in [-0.2, 0) is 28.5 Å². The van der Waals surface area contributed by atoms with E-state index in [9.17, 15) is 4.79 Å². The van der Waals surface area contributed by atoms with Crippen LogP contribution in [-0.4, -0.2) is 51.1 Å². The second-order valence-corrected chi connectivity index (χ2v) is 9.08. The zero-order chi connectivity index (χ0) is 21.0. The summed E-state index contributed by atoms with van der Waals surface area (Å²) in [5.41, 5.74) is -0.492. The number of carbonyl (C=O) groups excluding carboxylic acids is 1. The van der Waals surface area contributed by atoms with Gasteiger partial charge < -0.3 is 23.7 Å². The Bertz CT molecular complexity index is 441. The van der Waals surface area contributed by atoms with Crippen molar-refractivity contribution in [1.82, 2.24) is 0 Å². The monoisotopic (exact) mass is 414 g/mol. The van der Waals surface area contributed by atoms with Crippen LogP contribution in [0.5, 0.6) is 0 Å². The van der Waals surface area contributed by atoms with Gasteiger partial charge in [-0.15, -0.1) is 0 Å². The Morgan fingerprint density at radius 1 is 0.862 bits per heavy atom. The van der Waals surface area contributed by atoms with Crippen LogP contribution in [0.4, 0.5) is 0 Å². The highest BCUT2D eigenvalue weighted by atomic mass is 16.7. The molecule has 0 aliphatic heterocycles. The Morgan fingerprint density at radius 3 is 1.97 bits per heavy atom. The summed E-state index contributed by atoms with van der Waals surface area (Å²) in [5.74, 6) is -0.208. The maximum absolute atomic E-state index is 12.3. The van der Waals surface area contributed by atoms with Gasteiger partial charge >= 0.3 is 5.97 Å². The van der Waals surface area contributed by atoms with Crippen molar-refractivity contribution in [2.24, 2.45) is 5.41 Å². The first-order valence-corrected chi connectivity index (χ1v) is 11.6. The first-order chi connectivity index (χ1) is 14.0. The lowest BCUT2D eigenvalue weighted by atomic mass is 9.91. The minimum absolute atomic E-state index is 0.166. The first-order valence-electron chi connectivity index (χ1n) is 11.6. The molecule has 0 bridgehead atoms. The van der Waals surface area contributed by atoms with Crippen LogP contribution in [0.2, 0.25) is 0 Å². The van der Waals surface area contributed by atoms with Crippen molar-refractivity contribution < 1.29 is 28.5 Å². The minimum Gasteiger partial charge on any atom is -0.462 e. The summed E-state index contributed by atoms with van der Waals surface area (Å²) in [6, 6.07) is 0. The molecule has 1 unspecified atom stereocenters. The number of carbonyl (C=O) groups is 1. The van der Waals surface area contributed by atoms with Crippen LogP contribution >= 0.6 is 0 Å². The predicted octanol–water partition coefficient (Wildman–Crippen LogP) is 4.98. The molecule has 2 saturated carbocycles. The molecule has 0 N–H and O–H groups in total. The van der Waals surface area contributed by atoms with Gasteiger partial charge in [-0.25, -0.2) is 0 Å². The van der Waals surface area contributed by atoms with E-state index in [1.807, 2.05) is 20.8 Å². The number of rotatable bonds is 13. The Morgan fingerprint density at radius 2 is 1.41 bits per heavy atom. The minimum atomic E-state index is -0.492. The summed E-state index contributed by atoms with van der Waals surface area (Å²) in [6.07, 6.45) is 12.9. The molecule has 0 aromatic rings. The first kappa shape index (κ1) is 24.6. The fraction of sp³-hybridized carbons (Fsp3) is 0.957. The molecule has 6 nitrogen and oxygen atoms in total. The maximum atomic E-state index is 12.3. The Kier molecular flexibility index (Phi) is 11.5. The second-order valence-electron chi connectivity index (χ2n) is 9.08. The van der Waals surface area contributed by atoms with Crippen LogP contribution in [0.25, 0.3) is 0 Å². The van der Waals surface area contributed by atoms with Crippen LogP contribution in [0.3, 0.4) is 0 Å². The summed E-state index contributed by atoms with van der Waals surface area (Å²) < 4.78 is 28.7. The largest absolute Gasteiger partial charge is 0.462 e. The molecule has 1 atom stereocenters. The lowest BCUT2D eigenvalue weighted by Gasteiger charge is -2.26. The van der Waals surface area contributed by atoms with E-state index in [4.69, 9.17) is 23.7 Å². The summed E-state index contributed by atoms with van der Waals surface area (Å²) in [6.45, 7) is 6.72. The molecule has 29 heavy (non-hydrogen) atoms. The zero-order valence-electron chi connectivity index (χ0n) is 18.8. The van der Waals surface area contributed by atoms with Crippen molar-refractivity contribution in [2.45, 2.75) is 110 Å². The van der Waals surface area contributed by atoms with Gasteiger partial charge in [0.2, 0.25) is 0 Å². The predicted molar refractivity (Wildman–Crippen MR) is 112 cm³/mol. The van der Waals surface area contributed by atoms with Crippen molar-refractivity contribution in [3.05, 3.63) is 0 Å². The number of esters is 1. The van der Waals surface area contributed by atoms with Gasteiger partial charge in [-0.05, 0) is 46.0 Å². The molecule has 0 heterocycles. The van der Waals surface area contributed by atoms with Gasteiger partial charge in [0.25, 0.3) is 0 Å². The summed E-state index contributed by atoms with van der Waals surface area (Å²) in [5, 5.41) is 0. The van der Waals surface area contributed by atoms with E-state index >= 15 is 0 Å². The van der Waals surface area contributed by atoms with E-state index in [0.717, 1.165) is 32.1 Å². The van der Waals surface area contributed by atoms with Gasteiger partial charge in [-0.2, -0.15) is 0 Å². The van der Waals surface area contributed by atoms with Gasteiger partial charge in [0.1, 0.15) is 26.3 Å². The third kappa shape index (κ3) is 9.77. The van der Waals surface area contributed by atoms with Gasteiger partial charge in [-0.1, -0.05) is 45.4 Å². The SMILES string of the molecule is CCC(C)(C)C(=O)OCC(COCOC1CCCCC1)OCOC1CCCCC1. The Labute approximate surface area is 176 Å². The van der Waals surface area contributed by atoms with Crippen LogP contribution in [0.15, 0.2) is 0 Å². The van der Waals surface area contributed by atoms with Crippen molar-refractivity contribution in [3.8, 4) is 0 Å². The molecule has 0 saturated heterocycles. The molecular weight excluding hydrogens is 372 g/mol. The standard InChI is InChI=1S/C23H42O6/c1-4-23(2,3)22(24)26-16-21(29-18-28-20-13-9-6-10-14-20)15-25-17-27-19-11-7-5-8-12-19/h19-21H,4-18H2,1-3H3. The van der Waals surface area contributed by atoms with E-state index in [1.165, 1.54) is 38.5 Å². The molecule has 2 rings (SSSR count). The normalized spacial score (nSPS) is 20.5. The van der Waals surface area contributed by atoms with E-state index < -0.39 is 5.41 Å². The van der Waals surface area contributed by atoms with Gasteiger partial charge in [0.15, 0.2) is 0 Å². The van der Waals surface area contributed by atoms with E-state index in [-0.39, 0.29) is 38.4 Å². The molecule has 2 aliphatic rings. The topological polar surface area (TPSA) is 63.2 Å². The third-order valence-electron chi connectivity index (χ3n) is 6.24. The van der Waals surface area contributed by atoms with Gasteiger partial charge in [-0.3, -0.25) is 4.79 Å². The summed E-state index contributed by atoms with van der Waals surface area (Å²) in [7, 11) is 0. The molecule has 6 heteroatoms. The highest BCUT2D eigenvalue weighted by molar-refractivity contribution is 5.75. The van der Waals surface area contributed by atoms with Crippen molar-refractivity contribution in [3.63, 3.8) is 0 Å². The average molecular weight is 415 g/mol. The van der Waals surface area contributed by atoms with Crippen LogP contribution in [0, 0.1) is 5.41 Å². The van der Waals surface area contributed by atoms with Crippen LogP contribution < -0.4 is 0 Å². The van der Waals surface area contributed by atoms with Gasteiger partial charge in [0.05, 0.1) is 24.2 Å². The number of hydrogen-bond acceptors (Lipinski definition) is 6. The highest BCUT2D eigenvalue weighted by Gasteiger charge is 2.28. The molecule has 0 aromatic carbocycles. The molecule has 0 spiro atoms. The maximum Gasteiger partial charge on any atom is 0.311 e. The summed E-state index contributed by atoms with van der Waals surface area (Å²) in [4.78, 5) is 12.3. The molecule has 0 amide bonds. The van der Waals surface area contributed by atoms with Gasteiger partial charge in [0, 0.05) is 0 Å². The van der Waals surface area contributed by atoms with E-state index in [1.54, 1.807) is 0 Å². The summed E-state index contributed by atoms with van der Waals surface area (Å²) >= 11 is 0. The molecule has 170 valence electrons. The van der Waals surface area contributed by atoms with Crippen molar-refractivity contribution >= 4 is 5.97 Å². The molecule has 0 aromatic heterocycles. The Balaban J connectivity index is 1.70. The molecular formula is C23H42O6. The lowest BCUT2D eigenvalue weighted by molar-refractivity contribution is -0.181. The fourth-order valence-corrected chi connectivity index (χ4v) is 3.67. The zero-order valence-corrected chi connectivity index (χ0v) is 18.8. The second kappa shape index (κ2) is 13.6. The molecule has 2 fully saturated rings. The van der Waals surface area contributed by atoms with E-state index in [0.29, 0.717) is 12.7 Å². The quantitative estimate of drug-likeness (QED) is 0.241. The molecule has 0 radical (unpaired) electrons. The average Bonchev–Trinajstić information content (AvgIpc) is 2.75. The molecule has 2 aliphatic carbocycles. The van der Waals surface area contributed by atoms with Crippen LogP contribution in [0.1, 0.15) is 91.4 Å². The lowest BCUT2D eigenvalue weighted by Crippen LogP contribution is -2.33. The third-order valence-corrected chi connectivity index (χ3v) is 6.24. The van der Waals surface area contributed by atoms with Crippen molar-refractivity contribution in [1.29, 1.82) is 0 Å². The Hall–Kier alpha value is -0.690. The smallest absolute Gasteiger partial charge is 0.311 e. The van der Waals surface area contributed by atoms with Crippen molar-refractivity contribution in [2.75, 3.05) is 26.8 Å². The number of ether oxygens (including phenoxy) is 5. The van der Waals surface area contributed by atoms with E-state index in [2.05, 4.69) is 0 Å². The number of hydrogen-bond donors (Lipinski definition) is 0. The fourth-order valence-electron chi connectivity index (χ4n) is 3.67. The highest BCUT2D eigenvalue weighted by Crippen LogP contribution is 2.23.